The molecule has 0 aliphatic rings. The largest absolute Gasteiger partial charge is 0.394 e. The molecule has 0 aromatic heterocycles. The number of hydrogen-bond acceptors (Lipinski definition) is 2. The van der Waals surface area contributed by atoms with Crippen LogP contribution in [0, 0.1) is 0 Å². The Kier molecular flexibility index (Phi) is 20.7. The Bertz CT molecular complexity index is 267. The van der Waals surface area contributed by atoms with Crippen molar-refractivity contribution in [2.24, 2.45) is 0 Å². The number of hydrogen-bond donors (Lipinski definition) is 2. The first-order chi connectivity index (χ1) is 10.4. The summed E-state index contributed by atoms with van der Waals surface area (Å²) in [6.45, 7) is 4.58. The summed E-state index contributed by atoms with van der Waals surface area (Å²) in [4.78, 5) is 0. The van der Waals surface area contributed by atoms with Gasteiger partial charge in [-0.2, -0.15) is 8.42 Å². The monoisotopic (exact) mass is 338 g/mol. The molecule has 0 aromatic carbocycles. The average molecular weight is 339 g/mol. The summed E-state index contributed by atoms with van der Waals surface area (Å²) in [5.41, 5.74) is 0. The van der Waals surface area contributed by atoms with Crippen LogP contribution in [0.3, 0.4) is 0 Å². The third kappa shape index (κ3) is 36.8. The molecular formula is C17H38O4S. The van der Waals surface area contributed by atoms with Crippen LogP contribution in [0.25, 0.3) is 0 Å². The Hall–Kier alpha value is -0.130. The smallest absolute Gasteiger partial charge is 0.264 e. The summed E-state index contributed by atoms with van der Waals surface area (Å²) in [6.07, 6.45) is 21.9. The van der Waals surface area contributed by atoms with Crippen LogP contribution in [-0.4, -0.2) is 17.5 Å². The topological polar surface area (TPSA) is 74.6 Å². The average Bonchev–Trinajstić information content (AvgIpc) is 2.42. The molecular weight excluding hydrogens is 300 g/mol. The normalized spacial score (nSPS) is 11.1. The van der Waals surface area contributed by atoms with Crippen molar-refractivity contribution in [3.05, 3.63) is 0 Å². The van der Waals surface area contributed by atoms with Gasteiger partial charge in [0.05, 0.1) is 0 Å². The highest BCUT2D eigenvalue weighted by atomic mass is 32.3. The quantitative estimate of drug-likeness (QED) is 0.291. The maximum atomic E-state index is 8.74. The zero-order valence-corrected chi connectivity index (χ0v) is 15.5. The summed E-state index contributed by atoms with van der Waals surface area (Å²) >= 11 is 0. The molecule has 0 amide bonds. The second-order valence-electron chi connectivity index (χ2n) is 6.04. The van der Waals surface area contributed by atoms with Gasteiger partial charge in [0.25, 0.3) is 0 Å². The first-order valence-corrected chi connectivity index (χ1v) is 10.5. The highest BCUT2D eigenvalue weighted by Crippen LogP contribution is 2.13. The maximum absolute atomic E-state index is 8.74. The van der Waals surface area contributed by atoms with Crippen molar-refractivity contribution in [3.8, 4) is 0 Å². The van der Waals surface area contributed by atoms with E-state index in [-0.39, 0.29) is 0 Å². The van der Waals surface area contributed by atoms with Gasteiger partial charge in [-0.25, -0.2) is 0 Å². The van der Waals surface area contributed by atoms with Crippen molar-refractivity contribution in [3.63, 3.8) is 0 Å². The van der Waals surface area contributed by atoms with Gasteiger partial charge in [-0.05, 0) is 0 Å². The van der Waals surface area contributed by atoms with Gasteiger partial charge in [-0.15, -0.1) is 0 Å². The summed E-state index contributed by atoms with van der Waals surface area (Å²) in [5, 5.41) is 0. The van der Waals surface area contributed by atoms with Gasteiger partial charge in [0.1, 0.15) is 0 Å². The zero-order chi connectivity index (χ0) is 17.1. The third-order valence-corrected chi connectivity index (χ3v) is 3.71. The molecule has 0 saturated heterocycles. The van der Waals surface area contributed by atoms with Gasteiger partial charge < -0.3 is 0 Å². The lowest BCUT2D eigenvalue weighted by Crippen LogP contribution is -1.89. The van der Waals surface area contributed by atoms with E-state index in [9.17, 15) is 0 Å². The lowest BCUT2D eigenvalue weighted by atomic mass is 10.0. The first kappa shape index (κ1) is 24.1. The molecule has 0 saturated carbocycles. The van der Waals surface area contributed by atoms with Crippen molar-refractivity contribution in [1.29, 1.82) is 0 Å². The van der Waals surface area contributed by atoms with Crippen LogP contribution < -0.4 is 0 Å². The van der Waals surface area contributed by atoms with E-state index in [1.54, 1.807) is 0 Å². The Labute approximate surface area is 138 Å². The Morgan fingerprint density at radius 1 is 0.500 bits per heavy atom. The van der Waals surface area contributed by atoms with Crippen molar-refractivity contribution in [1.82, 2.24) is 0 Å². The third-order valence-electron chi connectivity index (χ3n) is 3.71. The molecule has 0 unspecified atom stereocenters. The van der Waals surface area contributed by atoms with Gasteiger partial charge in [0.15, 0.2) is 0 Å². The van der Waals surface area contributed by atoms with Crippen molar-refractivity contribution in [2.75, 3.05) is 0 Å². The van der Waals surface area contributed by atoms with Crippen molar-refractivity contribution >= 4 is 10.4 Å². The van der Waals surface area contributed by atoms with Gasteiger partial charge >= 0.3 is 10.4 Å². The van der Waals surface area contributed by atoms with E-state index in [2.05, 4.69) is 13.8 Å². The fourth-order valence-corrected chi connectivity index (χ4v) is 2.44. The molecule has 136 valence electrons. The second kappa shape index (κ2) is 18.9. The Morgan fingerprint density at radius 2 is 0.636 bits per heavy atom. The first-order valence-electron chi connectivity index (χ1n) is 9.11. The maximum Gasteiger partial charge on any atom is 0.394 e. The van der Waals surface area contributed by atoms with Crippen LogP contribution in [-0.2, 0) is 10.4 Å². The molecule has 0 aliphatic carbocycles. The van der Waals surface area contributed by atoms with E-state index in [1.165, 1.54) is 96.3 Å². The highest BCUT2D eigenvalue weighted by Gasteiger charge is 1.93. The summed E-state index contributed by atoms with van der Waals surface area (Å²) in [5.74, 6) is 0. The highest BCUT2D eigenvalue weighted by molar-refractivity contribution is 7.79. The van der Waals surface area contributed by atoms with Gasteiger partial charge in [0, 0.05) is 0 Å². The zero-order valence-electron chi connectivity index (χ0n) is 14.7. The molecule has 0 atom stereocenters. The van der Waals surface area contributed by atoms with Gasteiger partial charge in [-0.1, -0.05) is 110 Å². The molecule has 0 heterocycles. The molecule has 5 heteroatoms. The lowest BCUT2D eigenvalue weighted by Gasteiger charge is -2.02. The minimum atomic E-state index is -4.67. The van der Waals surface area contributed by atoms with Crippen LogP contribution in [0.1, 0.15) is 110 Å². The Balaban J connectivity index is 0. The van der Waals surface area contributed by atoms with E-state index in [4.69, 9.17) is 17.5 Å². The predicted molar refractivity (Wildman–Crippen MR) is 94.8 cm³/mol. The number of rotatable bonds is 14. The SMILES string of the molecule is CCCCCCCCCCCCCCCCC.O=S(=O)(O)O. The molecule has 0 radical (unpaired) electrons. The van der Waals surface area contributed by atoms with E-state index >= 15 is 0 Å². The fourth-order valence-electron chi connectivity index (χ4n) is 2.44. The second-order valence-corrected chi connectivity index (χ2v) is 6.94. The molecule has 0 bridgehead atoms. The van der Waals surface area contributed by atoms with Gasteiger partial charge in [-0.3, -0.25) is 9.11 Å². The van der Waals surface area contributed by atoms with Crippen molar-refractivity contribution < 1.29 is 17.5 Å². The Morgan fingerprint density at radius 3 is 0.773 bits per heavy atom. The van der Waals surface area contributed by atoms with Gasteiger partial charge in [0.2, 0.25) is 0 Å². The molecule has 0 rings (SSSR count). The fraction of sp³-hybridized carbons (Fsp3) is 1.00. The molecule has 2 N–H and O–H groups in total. The van der Waals surface area contributed by atoms with Crippen LogP contribution in [0.4, 0.5) is 0 Å². The molecule has 4 nitrogen and oxygen atoms in total. The molecule has 0 aromatic rings. The summed E-state index contributed by atoms with van der Waals surface area (Å²) in [6, 6.07) is 0. The van der Waals surface area contributed by atoms with Crippen molar-refractivity contribution in [2.45, 2.75) is 110 Å². The van der Waals surface area contributed by atoms with Crippen LogP contribution in [0.15, 0.2) is 0 Å². The minimum absolute atomic E-state index is 1.37. The molecule has 0 fully saturated rings. The molecule has 0 aliphatic heterocycles. The molecule has 22 heavy (non-hydrogen) atoms. The summed E-state index contributed by atoms with van der Waals surface area (Å²) in [7, 11) is -4.67. The standard InChI is InChI=1S/C17H36.H2O4S/c1-3-5-7-9-11-13-15-17-16-14-12-10-8-6-4-2;1-5(2,3)4/h3-17H2,1-2H3;(H2,1,2,3,4). The predicted octanol–water partition coefficient (Wildman–Crippen LogP) is 6.22. The van der Waals surface area contributed by atoms with E-state index in [1.807, 2.05) is 0 Å². The number of unbranched alkanes of at least 4 members (excludes halogenated alkanes) is 14. The lowest BCUT2D eigenvalue weighted by molar-refractivity contribution is 0.381. The molecule has 0 spiro atoms. The minimum Gasteiger partial charge on any atom is -0.264 e. The summed E-state index contributed by atoms with van der Waals surface area (Å²) < 4.78 is 31.6. The van der Waals surface area contributed by atoms with Crippen LogP contribution >= 0.6 is 0 Å². The van der Waals surface area contributed by atoms with Crippen LogP contribution in [0.2, 0.25) is 0 Å². The van der Waals surface area contributed by atoms with E-state index in [0.29, 0.717) is 0 Å². The van der Waals surface area contributed by atoms with E-state index in [0.717, 1.165) is 0 Å². The van der Waals surface area contributed by atoms with E-state index < -0.39 is 10.4 Å². The van der Waals surface area contributed by atoms with Crippen LogP contribution in [0.5, 0.6) is 0 Å².